The second kappa shape index (κ2) is 8.60. The SMILES string of the molecule is Cl.O=C(c1n[nH]c2c1CNCC2)N1CCN(S(=O)(=O)Cc2ccccc2)CC1. The molecule has 4 rings (SSSR count). The molecule has 1 saturated heterocycles. The molecule has 152 valence electrons. The highest BCUT2D eigenvalue weighted by Crippen LogP contribution is 2.19. The normalized spacial score (nSPS) is 17.6. The Morgan fingerprint density at radius 2 is 1.82 bits per heavy atom. The van der Waals surface area contributed by atoms with Gasteiger partial charge in [0.25, 0.3) is 5.91 Å². The second-order valence-corrected chi connectivity index (χ2v) is 8.86. The Labute approximate surface area is 170 Å². The van der Waals surface area contributed by atoms with Crippen LogP contribution in [0.5, 0.6) is 0 Å². The number of nitrogens with one attached hydrogen (secondary N) is 2. The number of sulfonamides is 1. The van der Waals surface area contributed by atoms with Crippen molar-refractivity contribution < 1.29 is 13.2 Å². The van der Waals surface area contributed by atoms with Crippen LogP contribution in [0.15, 0.2) is 30.3 Å². The van der Waals surface area contributed by atoms with Gasteiger partial charge in [-0.05, 0) is 5.56 Å². The maximum absolute atomic E-state index is 12.8. The summed E-state index contributed by atoms with van der Waals surface area (Å²) in [6, 6.07) is 9.16. The number of carbonyl (C=O) groups is 1. The zero-order valence-electron chi connectivity index (χ0n) is 15.4. The van der Waals surface area contributed by atoms with Gasteiger partial charge in [-0.3, -0.25) is 9.89 Å². The standard InChI is InChI=1S/C18H23N5O3S.ClH/c24-18(17-15-12-19-7-6-16(15)20-21-17)22-8-10-23(11-9-22)27(25,26)13-14-4-2-1-3-5-14;/h1-5,19H,6-13H2,(H,20,21);1H. The van der Waals surface area contributed by atoms with Gasteiger partial charge in [-0.2, -0.15) is 9.40 Å². The molecule has 1 amide bonds. The lowest BCUT2D eigenvalue weighted by Crippen LogP contribution is -2.51. The molecule has 2 aromatic rings. The van der Waals surface area contributed by atoms with Crippen LogP contribution in [-0.2, 0) is 28.7 Å². The van der Waals surface area contributed by atoms with Crippen molar-refractivity contribution in [3.05, 3.63) is 52.8 Å². The summed E-state index contributed by atoms with van der Waals surface area (Å²) in [5.41, 5.74) is 3.18. The molecule has 0 radical (unpaired) electrons. The zero-order chi connectivity index (χ0) is 18.9. The third kappa shape index (κ3) is 4.22. The number of hydrogen-bond acceptors (Lipinski definition) is 5. The van der Waals surface area contributed by atoms with Crippen molar-refractivity contribution in [2.45, 2.75) is 18.7 Å². The molecule has 10 heteroatoms. The van der Waals surface area contributed by atoms with E-state index in [2.05, 4.69) is 15.5 Å². The summed E-state index contributed by atoms with van der Waals surface area (Å²) in [7, 11) is -3.39. The molecule has 3 heterocycles. The number of hydrogen-bond donors (Lipinski definition) is 2. The first-order valence-electron chi connectivity index (χ1n) is 9.12. The third-order valence-corrected chi connectivity index (χ3v) is 6.97. The largest absolute Gasteiger partial charge is 0.335 e. The highest BCUT2D eigenvalue weighted by atomic mass is 35.5. The van der Waals surface area contributed by atoms with E-state index in [4.69, 9.17) is 0 Å². The van der Waals surface area contributed by atoms with Crippen molar-refractivity contribution in [1.82, 2.24) is 24.7 Å². The molecule has 0 unspecified atom stereocenters. The summed E-state index contributed by atoms with van der Waals surface area (Å²) in [6.07, 6.45) is 0.834. The molecule has 0 aliphatic carbocycles. The molecule has 1 aromatic carbocycles. The topological polar surface area (TPSA) is 98.4 Å². The summed E-state index contributed by atoms with van der Waals surface area (Å²) in [5, 5.41) is 10.4. The molecular weight excluding hydrogens is 402 g/mol. The number of amides is 1. The summed E-state index contributed by atoms with van der Waals surface area (Å²) < 4.78 is 26.8. The van der Waals surface area contributed by atoms with E-state index in [1.807, 2.05) is 30.3 Å². The number of benzene rings is 1. The molecule has 2 N–H and O–H groups in total. The Kier molecular flexibility index (Phi) is 6.39. The van der Waals surface area contributed by atoms with Gasteiger partial charge in [0.2, 0.25) is 10.0 Å². The van der Waals surface area contributed by atoms with Crippen molar-refractivity contribution in [2.75, 3.05) is 32.7 Å². The molecule has 2 aliphatic heterocycles. The number of rotatable bonds is 4. The third-order valence-electron chi connectivity index (χ3n) is 5.12. The van der Waals surface area contributed by atoms with Crippen molar-refractivity contribution in [3.63, 3.8) is 0 Å². The molecule has 1 aromatic heterocycles. The van der Waals surface area contributed by atoms with E-state index in [0.29, 0.717) is 38.4 Å². The highest BCUT2D eigenvalue weighted by Gasteiger charge is 2.31. The minimum absolute atomic E-state index is 0. The molecule has 0 spiro atoms. The maximum Gasteiger partial charge on any atom is 0.274 e. The molecular formula is C18H24ClN5O3S. The molecule has 2 aliphatic rings. The van der Waals surface area contributed by atoms with Crippen LogP contribution in [-0.4, -0.2) is 66.5 Å². The number of aromatic nitrogens is 2. The predicted molar refractivity (Wildman–Crippen MR) is 108 cm³/mol. The Bertz CT molecular complexity index is 924. The number of nitrogens with zero attached hydrogens (tertiary/aromatic N) is 3. The van der Waals surface area contributed by atoms with E-state index >= 15 is 0 Å². The van der Waals surface area contributed by atoms with Gasteiger partial charge < -0.3 is 10.2 Å². The van der Waals surface area contributed by atoms with Crippen LogP contribution in [0, 0.1) is 0 Å². The average Bonchev–Trinajstić information content (AvgIpc) is 3.12. The molecule has 28 heavy (non-hydrogen) atoms. The van der Waals surface area contributed by atoms with Gasteiger partial charge >= 0.3 is 0 Å². The van der Waals surface area contributed by atoms with Gasteiger partial charge in [0.05, 0.1) is 5.75 Å². The monoisotopic (exact) mass is 425 g/mol. The van der Waals surface area contributed by atoms with Crippen molar-refractivity contribution in [2.24, 2.45) is 0 Å². The van der Waals surface area contributed by atoms with Gasteiger partial charge in [-0.25, -0.2) is 8.42 Å². The van der Waals surface area contributed by atoms with Gasteiger partial charge in [0.1, 0.15) is 0 Å². The fourth-order valence-electron chi connectivity index (χ4n) is 3.60. The quantitative estimate of drug-likeness (QED) is 0.753. The van der Waals surface area contributed by atoms with Crippen LogP contribution in [0.1, 0.15) is 27.3 Å². The molecule has 0 saturated carbocycles. The summed E-state index contributed by atoms with van der Waals surface area (Å²) >= 11 is 0. The number of halogens is 1. The van der Waals surface area contributed by atoms with E-state index in [9.17, 15) is 13.2 Å². The number of carbonyl (C=O) groups excluding carboxylic acids is 1. The van der Waals surface area contributed by atoms with E-state index in [1.165, 1.54) is 4.31 Å². The Morgan fingerprint density at radius 3 is 2.54 bits per heavy atom. The van der Waals surface area contributed by atoms with Gasteiger partial charge in [-0.1, -0.05) is 30.3 Å². The first kappa shape index (κ1) is 20.8. The summed E-state index contributed by atoms with van der Waals surface area (Å²) in [6.45, 7) is 2.89. The minimum Gasteiger partial charge on any atom is -0.335 e. The average molecular weight is 426 g/mol. The lowest BCUT2D eigenvalue weighted by atomic mass is 10.1. The molecule has 8 nitrogen and oxygen atoms in total. The maximum atomic E-state index is 12.8. The fraction of sp³-hybridized carbons (Fsp3) is 0.444. The summed E-state index contributed by atoms with van der Waals surface area (Å²) in [5.74, 6) is -0.142. The van der Waals surface area contributed by atoms with Crippen LogP contribution < -0.4 is 5.32 Å². The lowest BCUT2D eigenvalue weighted by molar-refractivity contribution is 0.0690. The second-order valence-electron chi connectivity index (χ2n) is 6.89. The van der Waals surface area contributed by atoms with E-state index < -0.39 is 10.0 Å². The van der Waals surface area contributed by atoms with E-state index in [0.717, 1.165) is 29.8 Å². The summed E-state index contributed by atoms with van der Waals surface area (Å²) in [4.78, 5) is 14.5. The minimum atomic E-state index is -3.39. The van der Waals surface area contributed by atoms with E-state index in [-0.39, 0.29) is 24.1 Å². The molecule has 0 atom stereocenters. The van der Waals surface area contributed by atoms with Crippen LogP contribution >= 0.6 is 12.4 Å². The van der Waals surface area contributed by atoms with Gasteiger partial charge in [0, 0.05) is 56.9 Å². The fourth-order valence-corrected chi connectivity index (χ4v) is 5.11. The van der Waals surface area contributed by atoms with Crippen LogP contribution in [0.4, 0.5) is 0 Å². The van der Waals surface area contributed by atoms with Crippen LogP contribution in [0.3, 0.4) is 0 Å². The van der Waals surface area contributed by atoms with Crippen molar-refractivity contribution in [3.8, 4) is 0 Å². The van der Waals surface area contributed by atoms with Crippen molar-refractivity contribution >= 4 is 28.3 Å². The Balaban J connectivity index is 0.00000225. The molecule has 0 bridgehead atoms. The first-order valence-corrected chi connectivity index (χ1v) is 10.7. The van der Waals surface area contributed by atoms with Crippen LogP contribution in [0.25, 0.3) is 0 Å². The lowest BCUT2D eigenvalue weighted by Gasteiger charge is -2.34. The zero-order valence-corrected chi connectivity index (χ0v) is 17.1. The number of aromatic amines is 1. The number of piperazine rings is 1. The number of fused-ring (bicyclic) bond motifs is 1. The first-order chi connectivity index (χ1) is 13.0. The van der Waals surface area contributed by atoms with Gasteiger partial charge in [0.15, 0.2) is 5.69 Å². The predicted octanol–water partition coefficient (Wildman–Crippen LogP) is 0.765. The van der Waals surface area contributed by atoms with Crippen molar-refractivity contribution in [1.29, 1.82) is 0 Å². The Morgan fingerprint density at radius 1 is 1.11 bits per heavy atom. The number of H-pyrrole nitrogens is 1. The molecule has 1 fully saturated rings. The van der Waals surface area contributed by atoms with Gasteiger partial charge in [-0.15, -0.1) is 12.4 Å². The smallest absolute Gasteiger partial charge is 0.274 e. The Hall–Kier alpha value is -1.94. The van der Waals surface area contributed by atoms with Crippen LogP contribution in [0.2, 0.25) is 0 Å². The highest BCUT2D eigenvalue weighted by molar-refractivity contribution is 7.88. The van der Waals surface area contributed by atoms with E-state index in [1.54, 1.807) is 4.90 Å².